The van der Waals surface area contributed by atoms with Crippen LogP contribution in [0.2, 0.25) is 0 Å². The molecular formula is C16H17FN2O4S. The van der Waals surface area contributed by atoms with Crippen molar-refractivity contribution in [2.45, 2.75) is 18.7 Å². The Kier molecular flexibility index (Phi) is 5.53. The number of hydrogen-bond acceptors (Lipinski definition) is 4. The van der Waals surface area contributed by atoms with E-state index >= 15 is 0 Å². The molecule has 0 aromatic heterocycles. The van der Waals surface area contributed by atoms with Gasteiger partial charge in [0, 0.05) is 5.56 Å². The van der Waals surface area contributed by atoms with Crippen LogP contribution in [0.15, 0.2) is 47.4 Å². The van der Waals surface area contributed by atoms with Crippen molar-refractivity contribution in [1.82, 2.24) is 10.3 Å². The fourth-order valence-corrected chi connectivity index (χ4v) is 2.70. The van der Waals surface area contributed by atoms with Crippen LogP contribution in [0.25, 0.3) is 0 Å². The maximum absolute atomic E-state index is 13.4. The SMILES string of the molecule is CCOc1ccc(S(=O)(=O)NNC(=O)c2ccc(C)c(F)c2)cc1. The number of sulfonamides is 1. The van der Waals surface area contributed by atoms with E-state index in [1.807, 2.05) is 17.2 Å². The Morgan fingerprint density at radius 1 is 1.17 bits per heavy atom. The molecule has 0 aliphatic heterocycles. The second kappa shape index (κ2) is 7.41. The molecular weight excluding hydrogens is 335 g/mol. The highest BCUT2D eigenvalue weighted by molar-refractivity contribution is 7.89. The Bertz CT molecular complexity index is 836. The van der Waals surface area contributed by atoms with Gasteiger partial charge in [-0.15, -0.1) is 4.83 Å². The van der Waals surface area contributed by atoms with E-state index in [4.69, 9.17) is 4.74 Å². The van der Waals surface area contributed by atoms with Crippen molar-refractivity contribution in [3.8, 4) is 5.75 Å². The van der Waals surface area contributed by atoms with E-state index in [1.165, 1.54) is 36.4 Å². The van der Waals surface area contributed by atoms with E-state index in [0.717, 1.165) is 6.07 Å². The van der Waals surface area contributed by atoms with Crippen molar-refractivity contribution in [2.75, 3.05) is 6.61 Å². The van der Waals surface area contributed by atoms with Gasteiger partial charge in [-0.2, -0.15) is 0 Å². The minimum absolute atomic E-state index is 0.00694. The van der Waals surface area contributed by atoms with Crippen LogP contribution in [0.4, 0.5) is 4.39 Å². The van der Waals surface area contributed by atoms with Gasteiger partial charge in [0.1, 0.15) is 11.6 Å². The van der Waals surface area contributed by atoms with Crippen molar-refractivity contribution >= 4 is 15.9 Å². The van der Waals surface area contributed by atoms with Gasteiger partial charge < -0.3 is 4.74 Å². The van der Waals surface area contributed by atoms with Crippen LogP contribution in [0, 0.1) is 12.7 Å². The summed E-state index contributed by atoms with van der Waals surface area (Å²) in [5.74, 6) is -0.768. The van der Waals surface area contributed by atoms with E-state index in [-0.39, 0.29) is 10.5 Å². The Balaban J connectivity index is 2.06. The summed E-state index contributed by atoms with van der Waals surface area (Å²) in [5.41, 5.74) is 2.45. The van der Waals surface area contributed by atoms with E-state index in [0.29, 0.717) is 17.9 Å². The summed E-state index contributed by atoms with van der Waals surface area (Å²) < 4.78 is 42.9. The zero-order chi connectivity index (χ0) is 17.7. The average molecular weight is 352 g/mol. The molecule has 0 saturated carbocycles. The summed E-state index contributed by atoms with van der Waals surface area (Å²) >= 11 is 0. The van der Waals surface area contributed by atoms with Gasteiger partial charge in [-0.05, 0) is 55.8 Å². The molecule has 2 rings (SSSR count). The quantitative estimate of drug-likeness (QED) is 0.780. The summed E-state index contributed by atoms with van der Waals surface area (Å²) in [6.07, 6.45) is 0. The molecule has 0 saturated heterocycles. The highest BCUT2D eigenvalue weighted by atomic mass is 32.2. The first-order valence-corrected chi connectivity index (χ1v) is 8.63. The summed E-state index contributed by atoms with van der Waals surface area (Å²) in [6.45, 7) is 3.84. The summed E-state index contributed by atoms with van der Waals surface area (Å²) in [4.78, 5) is 13.8. The predicted octanol–water partition coefficient (Wildman–Crippen LogP) is 2.16. The smallest absolute Gasteiger partial charge is 0.266 e. The molecule has 0 fully saturated rings. The number of ether oxygens (including phenoxy) is 1. The summed E-state index contributed by atoms with van der Waals surface area (Å²) in [5, 5.41) is 0. The first-order chi connectivity index (χ1) is 11.3. The first kappa shape index (κ1) is 17.9. The predicted molar refractivity (Wildman–Crippen MR) is 86.5 cm³/mol. The lowest BCUT2D eigenvalue weighted by atomic mass is 10.1. The fourth-order valence-electron chi connectivity index (χ4n) is 1.86. The number of hydrogen-bond donors (Lipinski definition) is 2. The lowest BCUT2D eigenvalue weighted by molar-refractivity contribution is 0.0944. The molecule has 2 aromatic rings. The van der Waals surface area contributed by atoms with Gasteiger partial charge in [0.05, 0.1) is 11.5 Å². The van der Waals surface area contributed by atoms with Gasteiger partial charge in [0.15, 0.2) is 0 Å². The molecule has 0 spiro atoms. The van der Waals surface area contributed by atoms with Crippen LogP contribution >= 0.6 is 0 Å². The summed E-state index contributed by atoms with van der Waals surface area (Å²) in [6, 6.07) is 9.60. The molecule has 128 valence electrons. The lowest BCUT2D eigenvalue weighted by Gasteiger charge is -2.10. The number of carbonyl (C=O) groups is 1. The van der Waals surface area contributed by atoms with Crippen LogP contribution in [-0.4, -0.2) is 20.9 Å². The van der Waals surface area contributed by atoms with Crippen molar-refractivity contribution in [2.24, 2.45) is 0 Å². The molecule has 2 aromatic carbocycles. The number of rotatable bonds is 6. The van der Waals surface area contributed by atoms with Gasteiger partial charge >= 0.3 is 0 Å². The van der Waals surface area contributed by atoms with E-state index < -0.39 is 21.7 Å². The van der Waals surface area contributed by atoms with E-state index in [2.05, 4.69) is 0 Å². The zero-order valence-electron chi connectivity index (χ0n) is 13.2. The maximum Gasteiger partial charge on any atom is 0.266 e. The molecule has 0 aliphatic rings. The Morgan fingerprint density at radius 3 is 2.42 bits per heavy atom. The minimum atomic E-state index is -3.94. The van der Waals surface area contributed by atoms with Crippen LogP contribution < -0.4 is 15.0 Å². The van der Waals surface area contributed by atoms with Crippen LogP contribution in [-0.2, 0) is 10.0 Å². The molecule has 0 bridgehead atoms. The number of carbonyl (C=O) groups excluding carboxylic acids is 1. The highest BCUT2D eigenvalue weighted by Crippen LogP contribution is 2.15. The highest BCUT2D eigenvalue weighted by Gasteiger charge is 2.16. The number of amides is 1. The average Bonchev–Trinajstić information content (AvgIpc) is 2.56. The fraction of sp³-hybridized carbons (Fsp3) is 0.188. The third-order valence-electron chi connectivity index (χ3n) is 3.18. The number of benzene rings is 2. The molecule has 0 radical (unpaired) electrons. The number of nitrogens with one attached hydrogen (secondary N) is 2. The Labute approximate surface area is 139 Å². The molecule has 8 heteroatoms. The van der Waals surface area contributed by atoms with Crippen molar-refractivity contribution in [1.29, 1.82) is 0 Å². The molecule has 6 nitrogen and oxygen atoms in total. The third kappa shape index (κ3) is 4.30. The second-order valence-corrected chi connectivity index (χ2v) is 6.61. The van der Waals surface area contributed by atoms with Crippen LogP contribution in [0.3, 0.4) is 0 Å². The first-order valence-electron chi connectivity index (χ1n) is 7.14. The van der Waals surface area contributed by atoms with Gasteiger partial charge in [-0.25, -0.2) is 12.8 Å². The molecule has 0 heterocycles. The standard InChI is InChI=1S/C16H17FN2O4S/c1-3-23-13-6-8-14(9-7-13)24(21,22)19-18-16(20)12-5-4-11(2)15(17)10-12/h4-10,19H,3H2,1-2H3,(H,18,20). The monoisotopic (exact) mass is 352 g/mol. The molecule has 0 atom stereocenters. The maximum atomic E-state index is 13.4. The molecule has 0 aliphatic carbocycles. The van der Waals surface area contributed by atoms with E-state index in [1.54, 1.807) is 6.92 Å². The third-order valence-corrected chi connectivity index (χ3v) is 4.44. The largest absolute Gasteiger partial charge is 0.494 e. The topological polar surface area (TPSA) is 84.5 Å². The molecule has 2 N–H and O–H groups in total. The number of halogens is 1. The normalized spacial score (nSPS) is 11.1. The molecule has 24 heavy (non-hydrogen) atoms. The number of hydrazine groups is 1. The van der Waals surface area contributed by atoms with Crippen LogP contribution in [0.5, 0.6) is 5.75 Å². The molecule has 1 amide bonds. The van der Waals surface area contributed by atoms with Gasteiger partial charge in [-0.3, -0.25) is 10.2 Å². The van der Waals surface area contributed by atoms with Gasteiger partial charge in [-0.1, -0.05) is 6.07 Å². The van der Waals surface area contributed by atoms with Crippen molar-refractivity contribution in [3.63, 3.8) is 0 Å². The second-order valence-electron chi connectivity index (χ2n) is 4.93. The summed E-state index contributed by atoms with van der Waals surface area (Å²) in [7, 11) is -3.94. The Morgan fingerprint density at radius 2 is 1.83 bits per heavy atom. The number of aryl methyl sites for hydroxylation is 1. The van der Waals surface area contributed by atoms with Crippen molar-refractivity contribution in [3.05, 3.63) is 59.4 Å². The zero-order valence-corrected chi connectivity index (χ0v) is 14.0. The van der Waals surface area contributed by atoms with E-state index in [9.17, 15) is 17.6 Å². The molecule has 0 unspecified atom stereocenters. The van der Waals surface area contributed by atoms with Crippen LogP contribution in [0.1, 0.15) is 22.8 Å². The minimum Gasteiger partial charge on any atom is -0.494 e. The Hall–Kier alpha value is -2.45. The van der Waals surface area contributed by atoms with Gasteiger partial charge in [0.25, 0.3) is 15.9 Å². The van der Waals surface area contributed by atoms with Crippen molar-refractivity contribution < 1.29 is 22.3 Å². The van der Waals surface area contributed by atoms with Gasteiger partial charge in [0.2, 0.25) is 0 Å². The lowest BCUT2D eigenvalue weighted by Crippen LogP contribution is -2.41.